The van der Waals surface area contributed by atoms with Crippen LogP contribution in [0.15, 0.2) is 24.3 Å². The quantitative estimate of drug-likeness (QED) is 0.357. The van der Waals surface area contributed by atoms with E-state index in [0.717, 1.165) is 11.3 Å². The van der Waals surface area contributed by atoms with Gasteiger partial charge in [-0.1, -0.05) is 25.5 Å². The zero-order valence-electron chi connectivity index (χ0n) is 8.15. The van der Waals surface area contributed by atoms with Crippen molar-refractivity contribution >= 4 is 34.1 Å². The number of ketones is 1. The molecule has 0 atom stereocenters. The second kappa shape index (κ2) is 5.32. The fraction of sp³-hybridized carbons (Fsp3) is 0.300. The number of hydrogen-bond acceptors (Lipinski definition) is 4. The summed E-state index contributed by atoms with van der Waals surface area (Å²) in [6.45, 7) is 3.80. The fourth-order valence-electron chi connectivity index (χ4n) is 1.09. The minimum absolute atomic E-state index is 0.0491. The Labute approximate surface area is 93.4 Å². The Morgan fingerprint density at radius 1 is 1.36 bits per heavy atom. The minimum Gasteiger partial charge on any atom is -0.321 e. The molecule has 14 heavy (non-hydrogen) atoms. The average Bonchev–Trinajstić information content (AvgIpc) is 2.18. The molecule has 0 amide bonds. The number of rotatable bonds is 4. The van der Waals surface area contributed by atoms with Crippen LogP contribution in [0.4, 0.5) is 5.69 Å². The molecule has 0 heterocycles. The Bertz CT molecular complexity index is 308. The van der Waals surface area contributed by atoms with Crippen molar-refractivity contribution in [2.45, 2.75) is 13.8 Å². The van der Waals surface area contributed by atoms with Crippen LogP contribution in [-0.2, 0) is 0 Å². The molecule has 2 nitrogen and oxygen atoms in total. The van der Waals surface area contributed by atoms with Gasteiger partial charge in [0.15, 0.2) is 5.78 Å². The molecule has 1 rings (SSSR count). The summed E-state index contributed by atoms with van der Waals surface area (Å²) in [5.74, 6) is 0.225. The topological polar surface area (TPSA) is 29.1 Å². The Balaban J connectivity index is 2.78. The van der Waals surface area contributed by atoms with E-state index in [1.165, 1.54) is 11.0 Å². The Morgan fingerprint density at radius 3 is 2.36 bits per heavy atom. The predicted octanol–water partition coefficient (Wildman–Crippen LogP) is 3.43. The largest absolute Gasteiger partial charge is 0.321 e. The lowest BCUT2D eigenvalue weighted by molar-refractivity contribution is 0.0939. The molecule has 0 aliphatic carbocycles. The van der Waals surface area contributed by atoms with E-state index in [4.69, 9.17) is 0 Å². The molecule has 0 saturated carbocycles. The van der Waals surface area contributed by atoms with Gasteiger partial charge in [0.1, 0.15) is 0 Å². The van der Waals surface area contributed by atoms with E-state index in [9.17, 15) is 4.79 Å². The highest BCUT2D eigenvalue weighted by Gasteiger charge is 2.09. The van der Waals surface area contributed by atoms with Crippen LogP contribution in [0.2, 0.25) is 0 Å². The first-order valence-corrected chi connectivity index (χ1v) is 6.22. The van der Waals surface area contributed by atoms with Crippen LogP contribution in [0.5, 0.6) is 0 Å². The van der Waals surface area contributed by atoms with Crippen molar-refractivity contribution in [2.75, 3.05) is 4.72 Å². The molecule has 1 N–H and O–H groups in total. The van der Waals surface area contributed by atoms with Gasteiger partial charge in [-0.2, -0.15) is 0 Å². The van der Waals surface area contributed by atoms with Crippen molar-refractivity contribution < 1.29 is 4.79 Å². The van der Waals surface area contributed by atoms with Crippen LogP contribution in [0.25, 0.3) is 0 Å². The standard InChI is InChI=1S/C10H13NOS2/c1-7(2)10(12)8-3-5-9(6-4-8)11-14-13/h3-7,11,13H,1-2H3. The molecule has 0 spiro atoms. The van der Waals surface area contributed by atoms with Crippen LogP contribution in [0.3, 0.4) is 0 Å². The monoisotopic (exact) mass is 227 g/mol. The van der Waals surface area contributed by atoms with Gasteiger partial charge in [-0.25, -0.2) is 0 Å². The molecule has 0 aromatic heterocycles. The molecule has 4 heteroatoms. The molecule has 0 aliphatic heterocycles. The van der Waals surface area contributed by atoms with E-state index >= 15 is 0 Å². The summed E-state index contributed by atoms with van der Waals surface area (Å²) >= 11 is 3.97. The molecule has 1 aromatic carbocycles. The normalized spacial score (nSPS) is 10.3. The first-order valence-electron chi connectivity index (χ1n) is 4.36. The molecule has 0 bridgehead atoms. The maximum atomic E-state index is 11.6. The van der Waals surface area contributed by atoms with Gasteiger partial charge in [0, 0.05) is 28.1 Å². The van der Waals surface area contributed by atoms with Crippen molar-refractivity contribution in [3.63, 3.8) is 0 Å². The van der Waals surface area contributed by atoms with E-state index < -0.39 is 0 Å². The van der Waals surface area contributed by atoms with Gasteiger partial charge in [-0.05, 0) is 24.3 Å². The first kappa shape index (κ1) is 11.5. The highest BCUT2D eigenvalue weighted by molar-refractivity contribution is 8.69. The van der Waals surface area contributed by atoms with Crippen molar-refractivity contribution in [1.29, 1.82) is 0 Å². The maximum Gasteiger partial charge on any atom is 0.165 e. The molecule has 0 radical (unpaired) electrons. The molecule has 0 saturated heterocycles. The highest BCUT2D eigenvalue weighted by atomic mass is 33.1. The summed E-state index contributed by atoms with van der Waals surface area (Å²) in [6, 6.07) is 7.40. The number of Topliss-reactive ketones (excluding diaryl/α,β-unsaturated/α-hetero) is 1. The van der Waals surface area contributed by atoms with Crippen LogP contribution in [0, 0.1) is 5.92 Å². The Hall–Kier alpha value is -0.610. The van der Waals surface area contributed by atoms with E-state index in [-0.39, 0.29) is 11.7 Å². The Morgan fingerprint density at radius 2 is 1.93 bits per heavy atom. The molecule has 0 unspecified atom stereocenters. The summed E-state index contributed by atoms with van der Waals surface area (Å²) in [5.41, 5.74) is 1.71. The third-order valence-electron chi connectivity index (χ3n) is 1.86. The molecule has 0 aliphatic rings. The minimum atomic E-state index is 0.0491. The van der Waals surface area contributed by atoms with Gasteiger partial charge >= 0.3 is 0 Å². The lowest BCUT2D eigenvalue weighted by Crippen LogP contribution is -2.06. The van der Waals surface area contributed by atoms with Crippen molar-refractivity contribution in [3.8, 4) is 0 Å². The molecule has 0 fully saturated rings. The van der Waals surface area contributed by atoms with Gasteiger partial charge in [0.05, 0.1) is 0 Å². The van der Waals surface area contributed by atoms with E-state index in [1.807, 2.05) is 38.1 Å². The molecule has 1 aromatic rings. The average molecular weight is 227 g/mol. The van der Waals surface area contributed by atoms with Crippen LogP contribution < -0.4 is 4.72 Å². The SMILES string of the molecule is CC(C)C(=O)c1ccc(NSS)cc1. The summed E-state index contributed by atoms with van der Waals surface area (Å²) in [5, 5.41) is 0. The third kappa shape index (κ3) is 2.96. The number of anilines is 1. The van der Waals surface area contributed by atoms with Gasteiger partial charge in [0.2, 0.25) is 0 Å². The second-order valence-electron chi connectivity index (χ2n) is 3.29. The van der Waals surface area contributed by atoms with E-state index in [2.05, 4.69) is 16.4 Å². The predicted molar refractivity (Wildman–Crippen MR) is 65.8 cm³/mol. The van der Waals surface area contributed by atoms with Gasteiger partial charge in [-0.15, -0.1) is 0 Å². The van der Waals surface area contributed by atoms with Crippen molar-refractivity contribution in [2.24, 2.45) is 5.92 Å². The number of carbonyl (C=O) groups is 1. The smallest absolute Gasteiger partial charge is 0.165 e. The lowest BCUT2D eigenvalue weighted by Gasteiger charge is -2.05. The number of nitrogens with one attached hydrogen (secondary N) is 1. The van der Waals surface area contributed by atoms with Crippen LogP contribution >= 0.6 is 22.6 Å². The highest BCUT2D eigenvalue weighted by Crippen LogP contribution is 2.17. The van der Waals surface area contributed by atoms with E-state index in [1.54, 1.807) is 0 Å². The van der Waals surface area contributed by atoms with E-state index in [0.29, 0.717) is 0 Å². The zero-order chi connectivity index (χ0) is 10.6. The number of benzene rings is 1. The summed E-state index contributed by atoms with van der Waals surface area (Å²) in [6.07, 6.45) is 0. The maximum absolute atomic E-state index is 11.6. The molecular formula is C10H13NOS2. The second-order valence-corrected chi connectivity index (χ2v) is 4.22. The molecular weight excluding hydrogens is 214 g/mol. The molecule has 76 valence electrons. The van der Waals surface area contributed by atoms with Gasteiger partial charge in [-0.3, -0.25) is 4.79 Å². The fourth-order valence-corrected chi connectivity index (χ4v) is 1.65. The summed E-state index contributed by atoms with van der Waals surface area (Å²) in [4.78, 5) is 11.6. The summed E-state index contributed by atoms with van der Waals surface area (Å²) < 4.78 is 2.97. The van der Waals surface area contributed by atoms with Crippen molar-refractivity contribution in [1.82, 2.24) is 0 Å². The van der Waals surface area contributed by atoms with Gasteiger partial charge < -0.3 is 4.72 Å². The number of thiol groups is 1. The van der Waals surface area contributed by atoms with Crippen LogP contribution in [-0.4, -0.2) is 5.78 Å². The van der Waals surface area contributed by atoms with Crippen LogP contribution in [0.1, 0.15) is 24.2 Å². The van der Waals surface area contributed by atoms with Crippen molar-refractivity contribution in [3.05, 3.63) is 29.8 Å². The zero-order valence-corrected chi connectivity index (χ0v) is 9.86. The lowest BCUT2D eigenvalue weighted by atomic mass is 10.0. The first-order chi connectivity index (χ1) is 6.65. The summed E-state index contributed by atoms with van der Waals surface area (Å²) in [7, 11) is 1.23. The third-order valence-corrected chi connectivity index (χ3v) is 2.46. The Kier molecular flexibility index (Phi) is 4.35. The number of hydrogen-bond donors (Lipinski definition) is 2. The number of carbonyl (C=O) groups excluding carboxylic acids is 1. The van der Waals surface area contributed by atoms with Gasteiger partial charge in [0.25, 0.3) is 0 Å².